The Bertz CT molecular complexity index is 798. The Morgan fingerprint density at radius 3 is 2.33 bits per heavy atom. The Morgan fingerprint density at radius 1 is 0.905 bits per heavy atom. The molecule has 3 aromatic rings. The maximum Gasteiger partial charge on any atom is 0.162 e. The highest BCUT2D eigenvalue weighted by Gasteiger charge is 2.08. The molecule has 3 rings (SSSR count). The van der Waals surface area contributed by atoms with Gasteiger partial charge in [-0.2, -0.15) is 0 Å². The molecular formula is C20H18O. The summed E-state index contributed by atoms with van der Waals surface area (Å²) in [5, 5.41) is 2.50. The van der Waals surface area contributed by atoms with E-state index in [1.54, 1.807) is 0 Å². The number of ketones is 1. The van der Waals surface area contributed by atoms with Gasteiger partial charge in [0.2, 0.25) is 0 Å². The van der Waals surface area contributed by atoms with Gasteiger partial charge in [-0.15, -0.1) is 0 Å². The summed E-state index contributed by atoms with van der Waals surface area (Å²) in [6, 6.07) is 20.7. The highest BCUT2D eigenvalue weighted by atomic mass is 16.1. The minimum atomic E-state index is 0.191. The van der Waals surface area contributed by atoms with E-state index >= 15 is 0 Å². The molecule has 0 aliphatic rings. The molecule has 0 unspecified atom stereocenters. The van der Waals surface area contributed by atoms with Crippen molar-refractivity contribution in [3.63, 3.8) is 0 Å². The second kappa shape index (κ2) is 5.53. The fraction of sp³-hybridized carbons (Fsp3) is 0.150. The van der Waals surface area contributed by atoms with Crippen LogP contribution in [0.1, 0.15) is 29.3 Å². The van der Waals surface area contributed by atoms with Crippen molar-refractivity contribution in [2.75, 3.05) is 0 Å². The van der Waals surface area contributed by atoms with Crippen molar-refractivity contribution < 1.29 is 4.79 Å². The van der Waals surface area contributed by atoms with Crippen LogP contribution >= 0.6 is 0 Å². The fourth-order valence-corrected chi connectivity index (χ4v) is 2.79. The summed E-state index contributed by atoms with van der Waals surface area (Å²) in [5.74, 6) is 0.191. The van der Waals surface area contributed by atoms with Gasteiger partial charge in [0.15, 0.2) is 5.78 Å². The maximum absolute atomic E-state index is 11.7. The van der Waals surface area contributed by atoms with E-state index < -0.39 is 0 Å². The van der Waals surface area contributed by atoms with Crippen molar-refractivity contribution in [1.82, 2.24) is 0 Å². The first kappa shape index (κ1) is 13.6. The van der Waals surface area contributed by atoms with Gasteiger partial charge in [-0.3, -0.25) is 4.79 Å². The highest BCUT2D eigenvalue weighted by molar-refractivity contribution is 6.00. The molecule has 0 saturated carbocycles. The van der Waals surface area contributed by atoms with E-state index in [0.29, 0.717) is 6.42 Å². The Kier molecular flexibility index (Phi) is 3.57. The summed E-state index contributed by atoms with van der Waals surface area (Å²) >= 11 is 0. The van der Waals surface area contributed by atoms with Crippen molar-refractivity contribution in [2.45, 2.75) is 20.3 Å². The zero-order chi connectivity index (χ0) is 14.8. The third kappa shape index (κ3) is 2.47. The van der Waals surface area contributed by atoms with Crippen molar-refractivity contribution in [1.29, 1.82) is 0 Å². The van der Waals surface area contributed by atoms with Crippen LogP contribution in [-0.2, 0) is 0 Å². The lowest BCUT2D eigenvalue weighted by Gasteiger charge is -2.11. The molecule has 0 saturated heterocycles. The average Bonchev–Trinajstić information content (AvgIpc) is 2.54. The van der Waals surface area contributed by atoms with Crippen molar-refractivity contribution in [3.8, 4) is 11.1 Å². The molecule has 104 valence electrons. The minimum absolute atomic E-state index is 0.191. The standard InChI is InChI=1S/C20H18O/c1-3-19(21)16-10-12-17(13-11-16)20-14(2)8-9-15-6-4-5-7-18(15)20/h4-13H,3H2,1-2H3. The molecule has 0 bridgehead atoms. The van der Waals surface area contributed by atoms with Crippen LogP contribution in [-0.4, -0.2) is 5.78 Å². The Hall–Kier alpha value is -2.41. The average molecular weight is 274 g/mol. The Labute approximate surface area is 125 Å². The largest absolute Gasteiger partial charge is 0.294 e. The molecule has 0 radical (unpaired) electrons. The molecule has 0 fully saturated rings. The molecule has 0 amide bonds. The van der Waals surface area contributed by atoms with E-state index in [1.165, 1.54) is 21.9 Å². The summed E-state index contributed by atoms with van der Waals surface area (Å²) in [4.78, 5) is 11.7. The lowest BCUT2D eigenvalue weighted by Crippen LogP contribution is -1.96. The minimum Gasteiger partial charge on any atom is -0.294 e. The van der Waals surface area contributed by atoms with Crippen LogP contribution in [0.4, 0.5) is 0 Å². The van der Waals surface area contributed by atoms with Gasteiger partial charge < -0.3 is 0 Å². The molecule has 21 heavy (non-hydrogen) atoms. The second-order valence-electron chi connectivity index (χ2n) is 5.33. The number of Topliss-reactive ketones (excluding diaryl/α,β-unsaturated/α-hetero) is 1. The molecule has 0 atom stereocenters. The summed E-state index contributed by atoms with van der Waals surface area (Å²) in [6.45, 7) is 4.03. The first-order valence-corrected chi connectivity index (χ1v) is 7.32. The summed E-state index contributed by atoms with van der Waals surface area (Å²) in [5.41, 5.74) is 4.46. The fourth-order valence-electron chi connectivity index (χ4n) is 2.79. The van der Waals surface area contributed by atoms with E-state index in [0.717, 1.165) is 11.1 Å². The van der Waals surface area contributed by atoms with E-state index in [9.17, 15) is 4.79 Å². The molecule has 0 N–H and O–H groups in total. The zero-order valence-corrected chi connectivity index (χ0v) is 12.4. The number of carbonyl (C=O) groups is 1. The lowest BCUT2D eigenvalue weighted by molar-refractivity contribution is 0.0988. The van der Waals surface area contributed by atoms with Gasteiger partial charge in [-0.05, 0) is 34.4 Å². The monoisotopic (exact) mass is 274 g/mol. The quantitative estimate of drug-likeness (QED) is 0.584. The molecular weight excluding hydrogens is 256 g/mol. The van der Waals surface area contributed by atoms with Gasteiger partial charge in [0.05, 0.1) is 0 Å². The van der Waals surface area contributed by atoms with Gasteiger partial charge in [-0.1, -0.05) is 67.6 Å². The molecule has 0 heterocycles. The SMILES string of the molecule is CCC(=O)c1ccc(-c2c(C)ccc3ccccc23)cc1. The molecule has 0 aromatic heterocycles. The maximum atomic E-state index is 11.7. The van der Waals surface area contributed by atoms with Crippen LogP contribution in [0.2, 0.25) is 0 Å². The number of fused-ring (bicyclic) bond motifs is 1. The number of benzene rings is 3. The normalized spacial score (nSPS) is 10.8. The first-order chi connectivity index (χ1) is 10.2. The molecule has 0 spiro atoms. The van der Waals surface area contributed by atoms with Crippen LogP contribution in [0.3, 0.4) is 0 Å². The van der Waals surface area contributed by atoms with Gasteiger partial charge in [0.25, 0.3) is 0 Å². The van der Waals surface area contributed by atoms with Crippen LogP contribution in [0.15, 0.2) is 60.7 Å². The summed E-state index contributed by atoms with van der Waals surface area (Å²) in [6.07, 6.45) is 0.548. The van der Waals surface area contributed by atoms with Gasteiger partial charge >= 0.3 is 0 Å². The van der Waals surface area contributed by atoms with E-state index in [1.807, 2.05) is 19.1 Å². The number of hydrogen-bond donors (Lipinski definition) is 0. The van der Waals surface area contributed by atoms with E-state index in [4.69, 9.17) is 0 Å². The third-order valence-corrected chi connectivity index (χ3v) is 3.95. The van der Waals surface area contributed by atoms with Gasteiger partial charge in [0, 0.05) is 12.0 Å². The van der Waals surface area contributed by atoms with Crippen molar-refractivity contribution in [2.24, 2.45) is 0 Å². The molecule has 1 nitrogen and oxygen atoms in total. The van der Waals surface area contributed by atoms with Crippen molar-refractivity contribution in [3.05, 3.63) is 71.8 Å². The third-order valence-electron chi connectivity index (χ3n) is 3.95. The second-order valence-corrected chi connectivity index (χ2v) is 5.33. The van der Waals surface area contributed by atoms with E-state index in [-0.39, 0.29) is 5.78 Å². The Morgan fingerprint density at radius 2 is 1.62 bits per heavy atom. The highest BCUT2D eigenvalue weighted by Crippen LogP contribution is 2.32. The summed E-state index contributed by atoms with van der Waals surface area (Å²) in [7, 11) is 0. The smallest absolute Gasteiger partial charge is 0.162 e. The van der Waals surface area contributed by atoms with Crippen LogP contribution < -0.4 is 0 Å². The molecule has 1 heteroatoms. The predicted molar refractivity (Wildman–Crippen MR) is 88.7 cm³/mol. The van der Waals surface area contributed by atoms with Crippen molar-refractivity contribution >= 4 is 16.6 Å². The topological polar surface area (TPSA) is 17.1 Å². The molecule has 0 aliphatic heterocycles. The van der Waals surface area contributed by atoms with Crippen LogP contribution in [0, 0.1) is 6.92 Å². The number of hydrogen-bond acceptors (Lipinski definition) is 1. The van der Waals surface area contributed by atoms with Gasteiger partial charge in [-0.25, -0.2) is 0 Å². The lowest BCUT2D eigenvalue weighted by atomic mass is 9.93. The molecule has 3 aromatic carbocycles. The zero-order valence-electron chi connectivity index (χ0n) is 12.4. The predicted octanol–water partition coefficient (Wildman–Crippen LogP) is 5.41. The van der Waals surface area contributed by atoms with E-state index in [2.05, 4.69) is 55.5 Å². The summed E-state index contributed by atoms with van der Waals surface area (Å²) < 4.78 is 0. The van der Waals surface area contributed by atoms with Crippen LogP contribution in [0.5, 0.6) is 0 Å². The van der Waals surface area contributed by atoms with Gasteiger partial charge in [0.1, 0.15) is 0 Å². The Balaban J connectivity index is 2.16. The number of aryl methyl sites for hydroxylation is 1. The van der Waals surface area contributed by atoms with Crippen LogP contribution in [0.25, 0.3) is 21.9 Å². The molecule has 0 aliphatic carbocycles. The first-order valence-electron chi connectivity index (χ1n) is 7.32. The number of rotatable bonds is 3. The number of carbonyl (C=O) groups excluding carboxylic acids is 1.